The van der Waals surface area contributed by atoms with Gasteiger partial charge in [0.05, 0.1) is 0 Å². The number of hydrogen-bond donors (Lipinski definition) is 0. The van der Waals surface area contributed by atoms with Crippen LogP contribution in [0.1, 0.15) is 30.0 Å². The molecule has 0 unspecified atom stereocenters. The summed E-state index contributed by atoms with van der Waals surface area (Å²) in [6, 6.07) is 86.5. The zero-order valence-corrected chi connectivity index (χ0v) is 40.0. The topological polar surface area (TPSA) is 0 Å². The summed E-state index contributed by atoms with van der Waals surface area (Å²) in [6.07, 6.45) is 2.96. The lowest BCUT2D eigenvalue weighted by molar-refractivity contribution is 1.23. The third-order valence-electron chi connectivity index (χ3n) is 13.6. The van der Waals surface area contributed by atoms with Crippen molar-refractivity contribution < 1.29 is 0 Å². The van der Waals surface area contributed by atoms with Crippen LogP contribution in [0.2, 0.25) is 0 Å². The van der Waals surface area contributed by atoms with Crippen LogP contribution in [-0.2, 0) is 0 Å². The lowest BCUT2D eigenvalue weighted by Gasteiger charge is -2.19. The van der Waals surface area contributed by atoms with Crippen LogP contribution in [0.5, 0.6) is 0 Å². The van der Waals surface area contributed by atoms with Crippen LogP contribution >= 0.6 is 0 Å². The molecule has 0 atom stereocenters. The van der Waals surface area contributed by atoms with Crippen LogP contribution in [0.3, 0.4) is 0 Å². The Morgan fingerprint density at radius 1 is 0.319 bits per heavy atom. The first-order valence-corrected chi connectivity index (χ1v) is 24.2. The van der Waals surface area contributed by atoms with Crippen molar-refractivity contribution in [1.29, 1.82) is 0 Å². The van der Waals surface area contributed by atoms with E-state index in [9.17, 15) is 0 Å². The van der Waals surface area contributed by atoms with Gasteiger partial charge in [-0.25, -0.2) is 0 Å². The molecule has 0 aliphatic carbocycles. The van der Waals surface area contributed by atoms with E-state index in [2.05, 4.69) is 253 Å². The Morgan fingerprint density at radius 2 is 0.725 bits per heavy atom. The van der Waals surface area contributed by atoms with E-state index >= 15 is 0 Å². The Bertz CT molecular complexity index is 3750. The molecule has 0 fully saturated rings. The Balaban J connectivity index is 0.000000450. The molecular weight excluding hydrogens is 829 g/mol. The first kappa shape index (κ1) is 44.5. The van der Waals surface area contributed by atoms with Crippen molar-refractivity contribution in [3.8, 4) is 55.6 Å². The summed E-state index contributed by atoms with van der Waals surface area (Å²) in [5, 5.41) is 12.8. The predicted octanol–water partition coefficient (Wildman–Crippen LogP) is 20.0. The largest absolute Gasteiger partial charge is 0.103 e. The summed E-state index contributed by atoms with van der Waals surface area (Å²) in [5.74, 6) is 0. The van der Waals surface area contributed by atoms with Crippen molar-refractivity contribution in [2.45, 2.75) is 34.1 Å². The minimum atomic E-state index is 1.08. The highest BCUT2D eigenvalue weighted by Gasteiger charge is 2.19. The number of aryl methyl sites for hydroxylation is 3. The Morgan fingerprint density at radius 3 is 1.26 bits per heavy atom. The summed E-state index contributed by atoms with van der Waals surface area (Å²) >= 11 is 0. The summed E-state index contributed by atoms with van der Waals surface area (Å²) in [5.41, 5.74) is 16.5. The van der Waals surface area contributed by atoms with Crippen molar-refractivity contribution in [1.82, 2.24) is 0 Å². The quantitative estimate of drug-likeness (QED) is 0.0887. The van der Waals surface area contributed by atoms with Gasteiger partial charge in [0.2, 0.25) is 0 Å². The molecule has 0 amide bonds. The van der Waals surface area contributed by atoms with Crippen LogP contribution < -0.4 is 0 Å². The highest BCUT2D eigenvalue weighted by molar-refractivity contribution is 6.22. The van der Waals surface area contributed by atoms with Crippen molar-refractivity contribution in [3.05, 3.63) is 266 Å². The molecule has 12 aromatic rings. The lowest BCUT2D eigenvalue weighted by Crippen LogP contribution is -1.93. The van der Waals surface area contributed by atoms with Gasteiger partial charge in [0.15, 0.2) is 0 Å². The molecule has 0 aliphatic rings. The molecular formula is C69H56. The highest BCUT2D eigenvalue weighted by Crippen LogP contribution is 2.46. The van der Waals surface area contributed by atoms with E-state index < -0.39 is 0 Å². The maximum Gasteiger partial charge on any atom is -0.00262 e. The number of rotatable bonds is 6. The summed E-state index contributed by atoms with van der Waals surface area (Å²) in [6.45, 7) is 12.2. The minimum absolute atomic E-state index is 1.08. The Kier molecular flexibility index (Phi) is 12.8. The third-order valence-corrected chi connectivity index (χ3v) is 13.6. The van der Waals surface area contributed by atoms with E-state index in [1.165, 1.54) is 126 Å². The molecule has 69 heavy (non-hydrogen) atoms. The van der Waals surface area contributed by atoms with Crippen molar-refractivity contribution in [2.24, 2.45) is 0 Å². The molecule has 0 heteroatoms. The van der Waals surface area contributed by atoms with Crippen molar-refractivity contribution >= 4 is 53.9 Å². The van der Waals surface area contributed by atoms with Crippen molar-refractivity contribution in [3.63, 3.8) is 0 Å². The smallest absolute Gasteiger partial charge is 0.00262 e. The molecule has 0 radical (unpaired) electrons. The minimum Gasteiger partial charge on any atom is -0.103 e. The van der Waals surface area contributed by atoms with Gasteiger partial charge in [-0.2, -0.15) is 0 Å². The fourth-order valence-corrected chi connectivity index (χ4v) is 10.2. The summed E-state index contributed by atoms with van der Waals surface area (Å²) < 4.78 is 0. The molecule has 0 N–H and O–H groups in total. The van der Waals surface area contributed by atoms with E-state index in [4.69, 9.17) is 0 Å². The molecule has 0 saturated carbocycles. The second-order valence-corrected chi connectivity index (χ2v) is 18.0. The van der Waals surface area contributed by atoms with E-state index in [0.717, 1.165) is 6.42 Å². The zero-order chi connectivity index (χ0) is 47.3. The van der Waals surface area contributed by atoms with Gasteiger partial charge in [-0.1, -0.05) is 243 Å². The maximum atomic E-state index is 3.48. The summed E-state index contributed by atoms with van der Waals surface area (Å²) in [4.78, 5) is 0. The van der Waals surface area contributed by atoms with E-state index in [1.807, 2.05) is 24.3 Å². The number of fused-ring (bicyclic) bond motifs is 6. The third kappa shape index (κ3) is 8.75. The molecule has 332 valence electrons. The Hall–Kier alpha value is -8.32. The van der Waals surface area contributed by atoms with Gasteiger partial charge in [-0.15, -0.1) is 6.58 Å². The molecule has 0 nitrogen and oxygen atoms in total. The molecule has 0 spiro atoms. The van der Waals surface area contributed by atoms with Gasteiger partial charge < -0.3 is 0 Å². The zero-order valence-electron chi connectivity index (χ0n) is 40.0. The molecule has 0 aromatic heterocycles. The average molecular weight is 885 g/mol. The van der Waals surface area contributed by atoms with Gasteiger partial charge in [0, 0.05) is 0 Å². The SMILES string of the molecule is C=CCC.Cc1cc(-c2cccc(-c3c4ccccc4c(-c4cccc(-c5cccc6ccccc56)c4)c4ccccc34)c2)ccc1-c1c(C)c2ccccc2c2ccccc12.Cc1ccccc1. The van der Waals surface area contributed by atoms with Crippen LogP contribution in [0.25, 0.3) is 109 Å². The van der Waals surface area contributed by atoms with Gasteiger partial charge >= 0.3 is 0 Å². The molecule has 0 aliphatic heterocycles. The van der Waals surface area contributed by atoms with Crippen LogP contribution in [0, 0.1) is 20.8 Å². The average Bonchev–Trinajstić information content (AvgIpc) is 3.41. The van der Waals surface area contributed by atoms with Gasteiger partial charge in [0.1, 0.15) is 0 Å². The highest BCUT2D eigenvalue weighted by atomic mass is 14.2. The molecule has 12 rings (SSSR count). The first-order valence-electron chi connectivity index (χ1n) is 24.2. The van der Waals surface area contributed by atoms with Crippen LogP contribution in [-0.4, -0.2) is 0 Å². The second kappa shape index (κ2) is 19.9. The summed E-state index contributed by atoms with van der Waals surface area (Å²) in [7, 11) is 0. The van der Waals surface area contributed by atoms with Gasteiger partial charge in [-0.05, 0) is 160 Å². The van der Waals surface area contributed by atoms with E-state index in [0.29, 0.717) is 0 Å². The monoisotopic (exact) mass is 884 g/mol. The molecule has 12 aromatic carbocycles. The van der Waals surface area contributed by atoms with E-state index in [1.54, 1.807) is 0 Å². The molecule has 0 saturated heterocycles. The molecule has 0 bridgehead atoms. The molecule has 0 heterocycles. The first-order chi connectivity index (χ1) is 33.9. The van der Waals surface area contributed by atoms with Crippen molar-refractivity contribution in [2.75, 3.05) is 0 Å². The lowest BCUT2D eigenvalue weighted by atomic mass is 9.84. The second-order valence-electron chi connectivity index (χ2n) is 18.0. The Labute approximate surface area is 407 Å². The van der Waals surface area contributed by atoms with Crippen LogP contribution in [0.15, 0.2) is 249 Å². The normalized spacial score (nSPS) is 11.0. The van der Waals surface area contributed by atoms with E-state index in [-0.39, 0.29) is 0 Å². The van der Waals surface area contributed by atoms with Gasteiger partial charge in [0.25, 0.3) is 0 Å². The predicted molar refractivity (Wildman–Crippen MR) is 302 cm³/mol. The number of benzene rings is 12. The fraction of sp³-hybridized carbons (Fsp3) is 0.0725. The number of allylic oxidation sites excluding steroid dienone is 1. The van der Waals surface area contributed by atoms with Crippen LogP contribution in [0.4, 0.5) is 0 Å². The number of hydrogen-bond acceptors (Lipinski definition) is 0. The van der Waals surface area contributed by atoms with Gasteiger partial charge in [-0.3, -0.25) is 0 Å². The standard InChI is InChI=1S/C58H40.C7H8.C4H8/c1-37-34-41(32-33-45(37)56-38(2)46-22-5-6-24-49(46)50-25-7-8-26-51(50)56)40-18-13-20-43(35-40)57-52-27-9-11-29-54(52)58(55-30-12-10-28-53(55)57)44-21-14-19-42(36-44)48-31-15-17-39-16-3-4-23-47(39)48;1-7-5-3-2-4-6-7;1-3-4-2/h3-36H,1-2H3;2-6H,1H3;3H,1,4H2,2H3. The fourth-order valence-electron chi connectivity index (χ4n) is 10.2. The maximum absolute atomic E-state index is 3.48.